The molecule has 0 spiro atoms. The van der Waals surface area contributed by atoms with Gasteiger partial charge in [-0.25, -0.2) is 14.4 Å². The quantitative estimate of drug-likeness (QED) is 0.325. The number of esters is 2. The summed E-state index contributed by atoms with van der Waals surface area (Å²) in [4.78, 5) is 58.4. The molecule has 0 saturated carbocycles. The van der Waals surface area contributed by atoms with Crippen molar-refractivity contribution in [3.05, 3.63) is 29.0 Å². The molecule has 2 aromatic heterocycles. The number of aliphatic hydroxyl groups excluding tert-OH is 2. The van der Waals surface area contributed by atoms with E-state index < -0.39 is 89.7 Å². The SMILES string of the molecule is O=C(CCO)Oc1cc2c(C(=O)O)c(C(=O)O)c(C(=O)O)cn2c1OC(=O)CCO. The number of ether oxygens (including phenoxy) is 2. The van der Waals surface area contributed by atoms with E-state index in [1.807, 2.05) is 0 Å². The molecule has 2 aromatic rings. The lowest BCUT2D eigenvalue weighted by molar-refractivity contribution is -0.138. The fraction of sp³-hybridized carbons (Fsp3) is 0.235. The zero-order valence-electron chi connectivity index (χ0n) is 15.0. The number of carboxylic acid groups (broad SMARTS) is 3. The van der Waals surface area contributed by atoms with E-state index in [1.165, 1.54) is 0 Å². The normalized spacial score (nSPS) is 10.6. The highest BCUT2D eigenvalue weighted by atomic mass is 16.6. The first-order valence-electron chi connectivity index (χ1n) is 8.17. The third-order valence-corrected chi connectivity index (χ3v) is 3.71. The minimum atomic E-state index is -1.84. The lowest BCUT2D eigenvalue weighted by atomic mass is 10.0. The summed E-state index contributed by atoms with van der Waals surface area (Å²) in [6.45, 7) is -1.19. The van der Waals surface area contributed by atoms with Crippen molar-refractivity contribution in [3.63, 3.8) is 0 Å². The van der Waals surface area contributed by atoms with Gasteiger partial charge in [0.25, 0.3) is 5.88 Å². The summed E-state index contributed by atoms with van der Waals surface area (Å²) < 4.78 is 10.6. The Morgan fingerprint density at radius 2 is 1.33 bits per heavy atom. The molecule has 160 valence electrons. The maximum Gasteiger partial charge on any atom is 0.338 e. The van der Waals surface area contributed by atoms with Gasteiger partial charge in [-0.1, -0.05) is 0 Å². The number of aromatic carboxylic acids is 3. The van der Waals surface area contributed by atoms with Crippen molar-refractivity contribution < 1.29 is 59.0 Å². The van der Waals surface area contributed by atoms with Gasteiger partial charge in [-0.05, 0) is 0 Å². The first-order chi connectivity index (χ1) is 14.1. The molecule has 2 heterocycles. The van der Waals surface area contributed by atoms with Gasteiger partial charge in [-0.2, -0.15) is 0 Å². The number of carbonyl (C=O) groups excluding carboxylic acids is 2. The van der Waals surface area contributed by atoms with E-state index in [1.54, 1.807) is 0 Å². The Bertz CT molecular complexity index is 1050. The second kappa shape index (κ2) is 9.02. The number of hydrogen-bond acceptors (Lipinski definition) is 9. The molecule has 0 radical (unpaired) electrons. The number of nitrogens with zero attached hydrogens (tertiary/aromatic N) is 1. The highest BCUT2D eigenvalue weighted by Gasteiger charge is 2.31. The topological polar surface area (TPSA) is 209 Å². The van der Waals surface area contributed by atoms with Gasteiger partial charge >= 0.3 is 29.8 Å². The smallest absolute Gasteiger partial charge is 0.338 e. The Morgan fingerprint density at radius 3 is 1.80 bits per heavy atom. The van der Waals surface area contributed by atoms with Crippen LogP contribution in [-0.2, 0) is 9.59 Å². The maximum absolute atomic E-state index is 11.8. The molecule has 13 nitrogen and oxygen atoms in total. The molecular formula is C17H15NO12. The summed E-state index contributed by atoms with van der Waals surface area (Å²) in [7, 11) is 0. The number of rotatable bonds is 9. The van der Waals surface area contributed by atoms with Crippen LogP contribution in [0.4, 0.5) is 0 Å². The van der Waals surface area contributed by atoms with Crippen LogP contribution in [0.3, 0.4) is 0 Å². The third kappa shape index (κ3) is 4.37. The van der Waals surface area contributed by atoms with Gasteiger partial charge in [0.1, 0.15) is 0 Å². The van der Waals surface area contributed by atoms with Crippen LogP contribution in [0.5, 0.6) is 11.6 Å². The predicted molar refractivity (Wildman–Crippen MR) is 93.0 cm³/mol. The van der Waals surface area contributed by atoms with Crippen LogP contribution in [0.25, 0.3) is 5.52 Å². The van der Waals surface area contributed by atoms with Crippen molar-refractivity contribution in [3.8, 4) is 11.6 Å². The molecule has 0 aliphatic carbocycles. The van der Waals surface area contributed by atoms with Crippen LogP contribution in [0.1, 0.15) is 43.9 Å². The van der Waals surface area contributed by atoms with Gasteiger partial charge in [-0.15, -0.1) is 0 Å². The van der Waals surface area contributed by atoms with Crippen LogP contribution >= 0.6 is 0 Å². The molecule has 2 rings (SSSR count). The summed E-state index contributed by atoms with van der Waals surface area (Å²) >= 11 is 0. The number of pyridine rings is 1. The molecule has 0 fully saturated rings. The summed E-state index contributed by atoms with van der Waals surface area (Å²) in [5, 5.41) is 45.9. The zero-order chi connectivity index (χ0) is 22.6. The summed E-state index contributed by atoms with van der Waals surface area (Å²) in [5.41, 5.74) is -3.37. The Hall–Kier alpha value is -3.97. The number of hydrogen-bond donors (Lipinski definition) is 5. The Kier molecular flexibility index (Phi) is 6.71. The Balaban J connectivity index is 2.89. The van der Waals surface area contributed by atoms with Gasteiger partial charge in [0.05, 0.1) is 48.3 Å². The average molecular weight is 425 g/mol. The van der Waals surface area contributed by atoms with Crippen LogP contribution in [0.2, 0.25) is 0 Å². The second-order valence-electron chi connectivity index (χ2n) is 5.67. The molecule has 0 aliphatic rings. The number of fused-ring (bicyclic) bond motifs is 1. The first kappa shape index (κ1) is 22.3. The molecule has 5 N–H and O–H groups in total. The van der Waals surface area contributed by atoms with Crippen LogP contribution in [0.15, 0.2) is 12.3 Å². The minimum Gasteiger partial charge on any atom is -0.478 e. The summed E-state index contributed by atoms with van der Waals surface area (Å²) in [6.07, 6.45) is -0.275. The Labute approximate surface area is 166 Å². The van der Waals surface area contributed by atoms with Gasteiger partial charge in [-0.3, -0.25) is 14.0 Å². The van der Waals surface area contributed by atoms with Crippen molar-refractivity contribution in [2.75, 3.05) is 13.2 Å². The number of aromatic nitrogens is 1. The van der Waals surface area contributed by atoms with E-state index in [2.05, 4.69) is 0 Å². The number of carboxylic acids is 3. The van der Waals surface area contributed by atoms with Gasteiger partial charge < -0.3 is 35.0 Å². The van der Waals surface area contributed by atoms with Gasteiger partial charge in [0, 0.05) is 12.3 Å². The van der Waals surface area contributed by atoms with E-state index in [-0.39, 0.29) is 0 Å². The fourth-order valence-electron chi connectivity index (χ4n) is 2.55. The molecule has 30 heavy (non-hydrogen) atoms. The average Bonchev–Trinajstić information content (AvgIpc) is 2.96. The molecule has 0 aliphatic heterocycles. The molecule has 0 unspecified atom stereocenters. The van der Waals surface area contributed by atoms with Gasteiger partial charge in [0.2, 0.25) is 0 Å². The predicted octanol–water partition coefficient (Wildman–Crippen LogP) is -0.390. The van der Waals surface area contributed by atoms with E-state index in [4.69, 9.17) is 19.7 Å². The molecule has 0 bridgehead atoms. The van der Waals surface area contributed by atoms with Crippen LogP contribution < -0.4 is 9.47 Å². The molecule has 0 atom stereocenters. The molecular weight excluding hydrogens is 410 g/mol. The van der Waals surface area contributed by atoms with Crippen molar-refractivity contribution in [1.29, 1.82) is 0 Å². The lowest BCUT2D eigenvalue weighted by Gasteiger charge is -2.11. The maximum atomic E-state index is 11.8. The van der Waals surface area contributed by atoms with Crippen molar-refractivity contribution in [1.82, 2.24) is 4.40 Å². The molecule has 0 aromatic carbocycles. The molecule has 13 heteroatoms. The van der Waals surface area contributed by atoms with Crippen molar-refractivity contribution in [2.45, 2.75) is 12.8 Å². The largest absolute Gasteiger partial charge is 0.478 e. The monoisotopic (exact) mass is 425 g/mol. The van der Waals surface area contributed by atoms with E-state index >= 15 is 0 Å². The summed E-state index contributed by atoms with van der Waals surface area (Å²) in [6, 6.07) is 0.873. The first-order valence-corrected chi connectivity index (χ1v) is 8.17. The fourth-order valence-corrected chi connectivity index (χ4v) is 2.55. The number of carbonyl (C=O) groups is 5. The van der Waals surface area contributed by atoms with E-state index in [0.717, 1.165) is 10.5 Å². The Morgan fingerprint density at radius 1 is 0.800 bits per heavy atom. The lowest BCUT2D eigenvalue weighted by Crippen LogP contribution is -2.18. The zero-order valence-corrected chi connectivity index (χ0v) is 15.0. The highest BCUT2D eigenvalue weighted by Crippen LogP contribution is 2.36. The van der Waals surface area contributed by atoms with Crippen LogP contribution in [0, 0.1) is 0 Å². The molecule has 0 saturated heterocycles. The minimum absolute atomic E-state index is 0.441. The summed E-state index contributed by atoms with van der Waals surface area (Å²) in [5.74, 6) is -8.60. The number of aliphatic hydroxyl groups is 2. The molecule has 0 amide bonds. The van der Waals surface area contributed by atoms with E-state index in [9.17, 15) is 39.3 Å². The highest BCUT2D eigenvalue weighted by molar-refractivity contribution is 6.12. The van der Waals surface area contributed by atoms with Crippen molar-refractivity contribution in [2.24, 2.45) is 0 Å². The van der Waals surface area contributed by atoms with Gasteiger partial charge in [0.15, 0.2) is 5.75 Å². The second-order valence-corrected chi connectivity index (χ2v) is 5.67. The van der Waals surface area contributed by atoms with Crippen LogP contribution in [-0.4, -0.2) is 73.0 Å². The third-order valence-electron chi connectivity index (χ3n) is 3.71. The van der Waals surface area contributed by atoms with E-state index in [0.29, 0.717) is 6.20 Å². The standard InChI is InChI=1S/C17H15NO12/c19-3-1-10(21)29-9-5-8-13(17(27)28)12(16(25)26)7(15(23)24)6-18(8)14(9)30-11(22)2-4-20/h5-6,19-20H,1-4H2,(H,23,24)(H,25,26)(H,27,28). The van der Waals surface area contributed by atoms with Crippen molar-refractivity contribution >= 4 is 35.4 Å².